The van der Waals surface area contributed by atoms with Crippen molar-refractivity contribution in [3.05, 3.63) is 137 Å². The number of benzene rings is 5. The summed E-state index contributed by atoms with van der Waals surface area (Å²) in [5.74, 6) is 0.716. The maximum Gasteiger partial charge on any atom is 0.252 e. The fraction of sp³-hybridized carbons (Fsp3) is 0.414. The van der Waals surface area contributed by atoms with Crippen LogP contribution in [-0.2, 0) is 32.5 Å². The third-order valence-electron chi connectivity index (χ3n) is 13.4. The molecule has 3 heterocycles. The summed E-state index contributed by atoms with van der Waals surface area (Å²) < 4.78 is 0. The van der Waals surface area contributed by atoms with E-state index in [-0.39, 0.29) is 39.2 Å². The van der Waals surface area contributed by atoms with Gasteiger partial charge in [0.25, 0.3) is 6.71 Å². The van der Waals surface area contributed by atoms with E-state index in [0.717, 1.165) is 5.56 Å². The van der Waals surface area contributed by atoms with Gasteiger partial charge in [-0.3, -0.25) is 0 Å². The Morgan fingerprint density at radius 2 is 0.698 bits per heavy atom. The van der Waals surface area contributed by atoms with Gasteiger partial charge in [-0.25, -0.2) is 9.97 Å². The lowest BCUT2D eigenvalue weighted by Gasteiger charge is -2.45. The molecule has 0 atom stereocenters. The average molecular weight is 835 g/mol. The van der Waals surface area contributed by atoms with Crippen molar-refractivity contribution in [1.82, 2.24) is 9.97 Å². The Labute approximate surface area is 380 Å². The Hall–Kier alpha value is -5.16. The second-order valence-electron chi connectivity index (χ2n) is 24.7. The van der Waals surface area contributed by atoms with Gasteiger partial charge < -0.3 is 9.80 Å². The van der Waals surface area contributed by atoms with E-state index in [1.165, 1.54) is 83.9 Å². The van der Waals surface area contributed by atoms with Crippen molar-refractivity contribution >= 4 is 57.2 Å². The molecule has 0 aliphatic carbocycles. The fourth-order valence-corrected chi connectivity index (χ4v) is 9.28. The van der Waals surface area contributed by atoms with Crippen molar-refractivity contribution in [2.45, 2.75) is 157 Å². The molecule has 2 aliphatic rings. The van der Waals surface area contributed by atoms with E-state index in [1.54, 1.807) is 0 Å². The predicted molar refractivity (Wildman–Crippen MR) is 274 cm³/mol. The van der Waals surface area contributed by atoms with Gasteiger partial charge >= 0.3 is 0 Å². The van der Waals surface area contributed by atoms with Crippen LogP contribution in [0.15, 0.2) is 103 Å². The fourth-order valence-electron chi connectivity index (χ4n) is 9.28. The van der Waals surface area contributed by atoms with Crippen molar-refractivity contribution < 1.29 is 0 Å². The molecule has 6 aromatic rings. The van der Waals surface area contributed by atoms with Crippen LogP contribution in [0.25, 0.3) is 11.4 Å². The summed E-state index contributed by atoms with van der Waals surface area (Å²) in [6, 6.07) is 36.0. The molecule has 1 aromatic heterocycles. The van der Waals surface area contributed by atoms with Crippen LogP contribution in [0.2, 0.25) is 0 Å². The minimum absolute atomic E-state index is 0.0244. The molecule has 0 bridgehead atoms. The molecule has 0 spiro atoms. The lowest BCUT2D eigenvalue weighted by molar-refractivity contribution is 0.568. The highest BCUT2D eigenvalue weighted by Crippen LogP contribution is 2.49. The molecular weight excluding hydrogens is 763 g/mol. The van der Waals surface area contributed by atoms with E-state index in [4.69, 9.17) is 9.97 Å². The number of nitrogens with zero attached hydrogens (tertiary/aromatic N) is 4. The first-order valence-corrected chi connectivity index (χ1v) is 23.2. The molecule has 0 saturated heterocycles. The van der Waals surface area contributed by atoms with E-state index in [9.17, 15) is 0 Å². The van der Waals surface area contributed by atoms with Crippen LogP contribution in [0.4, 0.5) is 34.1 Å². The smallest absolute Gasteiger partial charge is 0.252 e. The predicted octanol–water partition coefficient (Wildman–Crippen LogP) is 14.0. The summed E-state index contributed by atoms with van der Waals surface area (Å²) in [6.07, 6.45) is 3.73. The average Bonchev–Trinajstić information content (AvgIpc) is 3.18. The van der Waals surface area contributed by atoms with Crippen molar-refractivity contribution in [3.63, 3.8) is 0 Å². The summed E-state index contributed by atoms with van der Waals surface area (Å²) in [5, 5.41) is 0. The van der Waals surface area contributed by atoms with Crippen LogP contribution < -0.4 is 26.2 Å². The molecule has 8 rings (SSSR count). The molecule has 0 saturated carbocycles. The number of hydrogen-bond acceptors (Lipinski definition) is 4. The molecule has 5 heteroatoms. The van der Waals surface area contributed by atoms with Gasteiger partial charge in [0.2, 0.25) is 0 Å². The van der Waals surface area contributed by atoms with Crippen molar-refractivity contribution in [1.29, 1.82) is 0 Å². The first-order valence-electron chi connectivity index (χ1n) is 23.2. The maximum absolute atomic E-state index is 4.91. The molecule has 0 radical (unpaired) electrons. The highest BCUT2D eigenvalue weighted by Gasteiger charge is 2.45. The van der Waals surface area contributed by atoms with Gasteiger partial charge in [-0.1, -0.05) is 161 Å². The van der Waals surface area contributed by atoms with Gasteiger partial charge in [-0.15, -0.1) is 0 Å². The Bertz CT molecular complexity index is 2510. The highest BCUT2D eigenvalue weighted by atomic mass is 15.2. The summed E-state index contributed by atoms with van der Waals surface area (Å²) in [5.41, 5.74) is 19.7. The van der Waals surface area contributed by atoms with Crippen LogP contribution in [0.5, 0.6) is 0 Å². The molecule has 0 fully saturated rings. The Morgan fingerprint density at radius 1 is 0.365 bits per heavy atom. The molecule has 0 amide bonds. The van der Waals surface area contributed by atoms with Crippen molar-refractivity contribution in [2.75, 3.05) is 9.80 Å². The molecular formula is C58H71BN4. The Balaban J connectivity index is 1.58. The lowest BCUT2D eigenvalue weighted by Crippen LogP contribution is -2.61. The van der Waals surface area contributed by atoms with E-state index in [1.807, 2.05) is 18.5 Å². The number of rotatable bonds is 3. The largest absolute Gasteiger partial charge is 0.311 e. The molecule has 2 aliphatic heterocycles. The molecule has 5 aromatic carbocycles. The summed E-state index contributed by atoms with van der Waals surface area (Å²) >= 11 is 0. The molecule has 0 N–H and O–H groups in total. The molecule has 326 valence electrons. The maximum atomic E-state index is 4.91. The molecule has 4 nitrogen and oxygen atoms in total. The van der Waals surface area contributed by atoms with Crippen LogP contribution in [0.3, 0.4) is 0 Å². The van der Waals surface area contributed by atoms with Gasteiger partial charge in [0.15, 0.2) is 5.82 Å². The van der Waals surface area contributed by atoms with Gasteiger partial charge in [0, 0.05) is 52.1 Å². The first-order chi connectivity index (χ1) is 29.0. The second-order valence-corrected chi connectivity index (χ2v) is 24.7. The zero-order valence-electron chi connectivity index (χ0n) is 41.7. The number of fused-ring (bicyclic) bond motifs is 4. The highest BCUT2D eigenvalue weighted by molar-refractivity contribution is 7.00. The zero-order chi connectivity index (χ0) is 46.0. The number of anilines is 6. The van der Waals surface area contributed by atoms with Gasteiger partial charge in [0.1, 0.15) is 0 Å². The second kappa shape index (κ2) is 14.7. The lowest BCUT2D eigenvalue weighted by atomic mass is 9.33. The molecule has 63 heavy (non-hydrogen) atoms. The van der Waals surface area contributed by atoms with Gasteiger partial charge in [-0.2, -0.15) is 0 Å². The summed E-state index contributed by atoms with van der Waals surface area (Å²) in [6.45, 7) is 42.0. The van der Waals surface area contributed by atoms with Crippen molar-refractivity contribution in [3.8, 4) is 11.4 Å². The van der Waals surface area contributed by atoms with Gasteiger partial charge in [0.05, 0.1) is 0 Å². The van der Waals surface area contributed by atoms with E-state index < -0.39 is 0 Å². The third kappa shape index (κ3) is 8.15. The van der Waals surface area contributed by atoms with Crippen LogP contribution in [-0.4, -0.2) is 16.7 Å². The Kier molecular flexibility index (Phi) is 10.4. The number of aromatic nitrogens is 2. The topological polar surface area (TPSA) is 32.3 Å². The van der Waals surface area contributed by atoms with E-state index in [0.29, 0.717) is 5.82 Å². The number of hydrogen-bond donors (Lipinski definition) is 0. The van der Waals surface area contributed by atoms with E-state index >= 15 is 0 Å². The minimum Gasteiger partial charge on any atom is -0.311 e. The summed E-state index contributed by atoms with van der Waals surface area (Å²) in [7, 11) is 0. The minimum atomic E-state index is -0.0612. The van der Waals surface area contributed by atoms with E-state index in [2.05, 4.69) is 219 Å². The SMILES string of the molecule is CC(C)(C)c1cc(N2c3ccc(C(C)(C)C)cc3B3c4cc(C(C)(C)C)ccc4N(c4cc(C(C)(C)C)cc(C(C)(C)C)c4)c4cc(-c5ncccn5)cc2c43)cc(C(C)(C)C)c1. The zero-order valence-corrected chi connectivity index (χ0v) is 41.7. The first kappa shape index (κ1) is 44.5. The Morgan fingerprint density at radius 3 is 1.02 bits per heavy atom. The quantitative estimate of drug-likeness (QED) is 0.166. The van der Waals surface area contributed by atoms with Gasteiger partial charge in [-0.05, 0) is 137 Å². The van der Waals surface area contributed by atoms with Crippen LogP contribution in [0.1, 0.15) is 158 Å². The van der Waals surface area contributed by atoms with Crippen molar-refractivity contribution in [2.24, 2.45) is 0 Å². The molecule has 0 unspecified atom stereocenters. The third-order valence-corrected chi connectivity index (χ3v) is 13.4. The normalized spacial score (nSPS) is 14.4. The summed E-state index contributed by atoms with van der Waals surface area (Å²) in [4.78, 5) is 15.0. The monoisotopic (exact) mass is 835 g/mol. The van der Waals surface area contributed by atoms with Crippen LogP contribution in [0, 0.1) is 0 Å². The van der Waals surface area contributed by atoms with Crippen LogP contribution >= 0.6 is 0 Å². The standard InChI is InChI=1S/C58H71BN4/c1-53(2,3)37-20-22-47-45(34-37)59-46-35-38(54(4,5)6)21-23-48(46)63(44-32-41(57(13,14)15)29-42(33-44)58(16,17)18)50-27-36(52-60-24-19-25-61-52)26-49(51(50)59)62(47)43-30-39(55(7,8)9)28-40(31-43)56(10,11)12/h19-35H,1-18H3.